The molecule has 1 atom stereocenters. The van der Waals surface area contributed by atoms with Crippen LogP contribution in [0.25, 0.3) is 0 Å². The Morgan fingerprint density at radius 3 is 2.28 bits per heavy atom. The summed E-state index contributed by atoms with van der Waals surface area (Å²) in [4.78, 5) is 11.1. The molecule has 5 heteroatoms. The second kappa shape index (κ2) is 6.98. The highest BCUT2D eigenvalue weighted by molar-refractivity contribution is 6.34. The summed E-state index contributed by atoms with van der Waals surface area (Å²) in [6.45, 7) is 4.34. The van der Waals surface area contributed by atoms with Crippen molar-refractivity contribution in [3.05, 3.63) is 33.8 Å². The Labute approximate surface area is 117 Å². The fourth-order valence-corrected chi connectivity index (χ4v) is 2.04. The van der Waals surface area contributed by atoms with Crippen molar-refractivity contribution in [2.45, 2.75) is 26.4 Å². The van der Waals surface area contributed by atoms with Gasteiger partial charge in [0.2, 0.25) is 0 Å². The largest absolute Gasteiger partial charge is 0.479 e. The Morgan fingerprint density at radius 1 is 1.28 bits per heavy atom. The lowest BCUT2D eigenvalue weighted by Gasteiger charge is -2.15. The maximum absolute atomic E-state index is 11.1. The minimum atomic E-state index is -0.980. The van der Waals surface area contributed by atoms with Gasteiger partial charge in [0.25, 0.3) is 0 Å². The average Bonchev–Trinajstić information content (AvgIpc) is 2.22. The molecule has 0 aromatic heterocycles. The van der Waals surface area contributed by atoms with Gasteiger partial charge < -0.3 is 9.84 Å². The molecular weight excluding hydrogens is 275 g/mol. The second-order valence-electron chi connectivity index (χ2n) is 4.54. The van der Waals surface area contributed by atoms with Crippen molar-refractivity contribution in [3.63, 3.8) is 0 Å². The van der Waals surface area contributed by atoms with E-state index in [1.807, 2.05) is 13.8 Å². The van der Waals surface area contributed by atoms with Crippen LogP contribution in [-0.4, -0.2) is 23.8 Å². The molecule has 0 aliphatic rings. The third kappa shape index (κ3) is 5.25. The molecule has 0 spiro atoms. The first kappa shape index (κ1) is 15.3. The molecule has 100 valence electrons. The van der Waals surface area contributed by atoms with Gasteiger partial charge >= 0.3 is 5.97 Å². The van der Waals surface area contributed by atoms with E-state index in [-0.39, 0.29) is 12.3 Å². The van der Waals surface area contributed by atoms with Gasteiger partial charge in [-0.1, -0.05) is 37.0 Å². The van der Waals surface area contributed by atoms with Crippen LogP contribution in [0.1, 0.15) is 19.4 Å². The Bertz CT molecular complexity index is 398. The van der Waals surface area contributed by atoms with E-state index in [1.54, 1.807) is 18.2 Å². The van der Waals surface area contributed by atoms with Crippen LogP contribution in [0.15, 0.2) is 18.2 Å². The van der Waals surface area contributed by atoms with Crippen LogP contribution in [-0.2, 0) is 16.0 Å². The molecule has 1 aromatic carbocycles. The normalized spacial score (nSPS) is 12.7. The number of carboxylic acid groups (broad SMARTS) is 1. The second-order valence-corrected chi connectivity index (χ2v) is 5.41. The maximum Gasteiger partial charge on any atom is 0.333 e. The van der Waals surface area contributed by atoms with Gasteiger partial charge in [-0.15, -0.1) is 0 Å². The van der Waals surface area contributed by atoms with E-state index in [4.69, 9.17) is 33.0 Å². The van der Waals surface area contributed by atoms with Crippen molar-refractivity contribution in [1.82, 2.24) is 0 Å². The molecule has 0 unspecified atom stereocenters. The summed E-state index contributed by atoms with van der Waals surface area (Å²) in [5.41, 5.74) is 0.753. The van der Waals surface area contributed by atoms with Crippen LogP contribution in [0, 0.1) is 5.92 Å². The highest BCUT2D eigenvalue weighted by atomic mass is 35.5. The minimum Gasteiger partial charge on any atom is -0.479 e. The summed E-state index contributed by atoms with van der Waals surface area (Å²) in [5.74, 6) is -0.693. The summed E-state index contributed by atoms with van der Waals surface area (Å²) in [6, 6.07) is 5.00. The number of rotatable bonds is 6. The van der Waals surface area contributed by atoms with Gasteiger partial charge in [0, 0.05) is 16.5 Å². The topological polar surface area (TPSA) is 46.5 Å². The molecule has 0 radical (unpaired) electrons. The van der Waals surface area contributed by atoms with Gasteiger partial charge in [-0.25, -0.2) is 4.79 Å². The summed E-state index contributed by atoms with van der Waals surface area (Å²) in [6.07, 6.45) is -0.621. The van der Waals surface area contributed by atoms with Crippen LogP contribution >= 0.6 is 23.2 Å². The fourth-order valence-electron chi connectivity index (χ4n) is 1.47. The summed E-state index contributed by atoms with van der Waals surface area (Å²) < 4.78 is 5.36. The fraction of sp³-hybridized carbons (Fsp3) is 0.462. The van der Waals surface area contributed by atoms with Crippen molar-refractivity contribution in [1.29, 1.82) is 0 Å². The Kier molecular flexibility index (Phi) is 5.93. The molecule has 1 N–H and O–H groups in total. The van der Waals surface area contributed by atoms with Gasteiger partial charge in [-0.3, -0.25) is 0 Å². The van der Waals surface area contributed by atoms with Gasteiger partial charge in [0.05, 0.1) is 6.61 Å². The van der Waals surface area contributed by atoms with Gasteiger partial charge in [0.15, 0.2) is 6.10 Å². The molecule has 0 heterocycles. The number of aliphatic carboxylic acids is 1. The van der Waals surface area contributed by atoms with E-state index >= 15 is 0 Å². The number of halogens is 2. The average molecular weight is 291 g/mol. The molecule has 0 aliphatic heterocycles. The quantitative estimate of drug-likeness (QED) is 0.870. The van der Waals surface area contributed by atoms with Crippen LogP contribution in [0.4, 0.5) is 0 Å². The van der Waals surface area contributed by atoms with Crippen molar-refractivity contribution < 1.29 is 14.6 Å². The minimum absolute atomic E-state index is 0.252. The summed E-state index contributed by atoms with van der Waals surface area (Å²) in [7, 11) is 0. The molecule has 0 saturated heterocycles. The molecule has 0 fully saturated rings. The number of carbonyl (C=O) groups is 1. The molecule has 3 nitrogen and oxygen atoms in total. The zero-order chi connectivity index (χ0) is 13.7. The van der Waals surface area contributed by atoms with Crippen molar-refractivity contribution in [2.24, 2.45) is 5.92 Å². The number of ether oxygens (including phenoxy) is 1. The predicted molar refractivity (Wildman–Crippen MR) is 72.4 cm³/mol. The van der Waals surface area contributed by atoms with Crippen LogP contribution in [0.2, 0.25) is 10.0 Å². The highest BCUT2D eigenvalue weighted by Crippen LogP contribution is 2.20. The van der Waals surface area contributed by atoms with E-state index in [2.05, 4.69) is 0 Å². The Morgan fingerprint density at radius 2 is 1.83 bits per heavy atom. The van der Waals surface area contributed by atoms with Crippen LogP contribution < -0.4 is 0 Å². The molecule has 0 bridgehead atoms. The number of hydrogen-bond donors (Lipinski definition) is 1. The van der Waals surface area contributed by atoms with Crippen LogP contribution in [0.5, 0.6) is 0 Å². The molecular formula is C13H16Cl2O3. The van der Waals surface area contributed by atoms with Gasteiger partial charge in [0.1, 0.15) is 0 Å². The smallest absolute Gasteiger partial charge is 0.333 e. The SMILES string of the molecule is CC(C)CO[C@@H](Cc1cc(Cl)cc(Cl)c1)C(=O)O. The standard InChI is InChI=1S/C13H16Cl2O3/c1-8(2)7-18-12(13(16)17)5-9-3-10(14)6-11(15)4-9/h3-4,6,8,12H,5,7H2,1-2H3,(H,16,17)/t12-/m0/s1. The highest BCUT2D eigenvalue weighted by Gasteiger charge is 2.19. The molecule has 0 saturated carbocycles. The van der Waals surface area contributed by atoms with Crippen molar-refractivity contribution in [3.8, 4) is 0 Å². The zero-order valence-electron chi connectivity index (χ0n) is 10.3. The third-order valence-electron chi connectivity index (χ3n) is 2.25. The molecule has 0 aliphatic carbocycles. The monoisotopic (exact) mass is 290 g/mol. The van der Waals surface area contributed by atoms with Crippen LogP contribution in [0.3, 0.4) is 0 Å². The van der Waals surface area contributed by atoms with E-state index in [0.29, 0.717) is 16.7 Å². The zero-order valence-corrected chi connectivity index (χ0v) is 11.8. The lowest BCUT2D eigenvalue weighted by atomic mass is 10.1. The van der Waals surface area contributed by atoms with E-state index in [9.17, 15) is 4.79 Å². The Hall–Kier alpha value is -0.770. The lowest BCUT2D eigenvalue weighted by molar-refractivity contribution is -0.150. The number of carboxylic acids is 1. The molecule has 1 rings (SSSR count). The number of hydrogen-bond acceptors (Lipinski definition) is 2. The first-order chi connectivity index (χ1) is 8.38. The first-order valence-corrected chi connectivity index (χ1v) is 6.43. The summed E-state index contributed by atoms with van der Waals surface area (Å²) >= 11 is 11.7. The molecule has 1 aromatic rings. The third-order valence-corrected chi connectivity index (χ3v) is 2.69. The first-order valence-electron chi connectivity index (χ1n) is 5.68. The van der Waals surface area contributed by atoms with E-state index < -0.39 is 12.1 Å². The molecule has 0 amide bonds. The summed E-state index contributed by atoms with van der Waals surface area (Å²) in [5, 5.41) is 10.1. The predicted octanol–water partition coefficient (Wildman–Crippen LogP) is 3.66. The van der Waals surface area contributed by atoms with E-state index in [1.165, 1.54) is 0 Å². The van der Waals surface area contributed by atoms with Gasteiger partial charge in [-0.05, 0) is 29.7 Å². The number of benzene rings is 1. The maximum atomic E-state index is 11.1. The Balaban J connectivity index is 2.73. The molecule has 18 heavy (non-hydrogen) atoms. The lowest BCUT2D eigenvalue weighted by Crippen LogP contribution is -2.28. The van der Waals surface area contributed by atoms with Crippen molar-refractivity contribution >= 4 is 29.2 Å². The van der Waals surface area contributed by atoms with Crippen molar-refractivity contribution in [2.75, 3.05) is 6.61 Å². The van der Waals surface area contributed by atoms with E-state index in [0.717, 1.165) is 5.56 Å². The van der Waals surface area contributed by atoms with Gasteiger partial charge in [-0.2, -0.15) is 0 Å².